The van der Waals surface area contributed by atoms with Gasteiger partial charge in [-0.15, -0.1) is 6.58 Å². The molecule has 0 aromatic carbocycles. The van der Waals surface area contributed by atoms with E-state index in [-0.39, 0.29) is 6.61 Å². The highest BCUT2D eigenvalue weighted by molar-refractivity contribution is 7.70. The van der Waals surface area contributed by atoms with E-state index in [1.807, 2.05) is 0 Å². The van der Waals surface area contributed by atoms with Gasteiger partial charge in [0.15, 0.2) is 5.90 Å². The summed E-state index contributed by atoms with van der Waals surface area (Å²) in [4.78, 5) is 25.7. The summed E-state index contributed by atoms with van der Waals surface area (Å²) < 4.78 is 25.6. The van der Waals surface area contributed by atoms with Gasteiger partial charge in [-0.2, -0.15) is 0 Å². The minimum Gasteiger partial charge on any atom is -0.324 e. The fourth-order valence-corrected chi connectivity index (χ4v) is 3.13. The Balaban J connectivity index is 4.02. The van der Waals surface area contributed by atoms with Gasteiger partial charge in [0.1, 0.15) is 0 Å². The van der Waals surface area contributed by atoms with Crippen LogP contribution in [-0.2, 0) is 13.7 Å². The maximum absolute atomic E-state index is 10.9. The zero-order valence-electron chi connectivity index (χ0n) is 6.87. The molecule has 0 aliphatic carbocycles. The van der Waals surface area contributed by atoms with Crippen LogP contribution in [0.5, 0.6) is 0 Å². The summed E-state index contributed by atoms with van der Waals surface area (Å²) >= 11 is 0. The van der Waals surface area contributed by atoms with Crippen LogP contribution in [0.3, 0.4) is 0 Å². The third-order valence-electron chi connectivity index (χ3n) is 0.978. The van der Waals surface area contributed by atoms with E-state index in [2.05, 4.69) is 11.1 Å². The monoisotopic (exact) mass is 230 g/mol. The Labute approximate surface area is 75.9 Å². The standard InChI is InChI=1S/C5H12O6P2/c1-2-3-4-11-13(9,10)5-12(6,7)8/h2H,1,3-5H2,(H,9,10)(H2,6,7,8). The van der Waals surface area contributed by atoms with E-state index in [1.54, 1.807) is 0 Å². The predicted molar refractivity (Wildman–Crippen MR) is 47.5 cm³/mol. The molecule has 0 aromatic heterocycles. The smallest absolute Gasteiger partial charge is 0.324 e. The zero-order chi connectivity index (χ0) is 10.5. The van der Waals surface area contributed by atoms with Crippen LogP contribution in [0, 0.1) is 0 Å². The first kappa shape index (κ1) is 13.0. The maximum Gasteiger partial charge on any atom is 0.340 e. The topological polar surface area (TPSA) is 104 Å². The van der Waals surface area contributed by atoms with Crippen molar-refractivity contribution in [3.8, 4) is 0 Å². The molecule has 0 radical (unpaired) electrons. The molecule has 0 aromatic rings. The molecule has 0 spiro atoms. The summed E-state index contributed by atoms with van der Waals surface area (Å²) in [7, 11) is -8.65. The molecule has 0 bridgehead atoms. The summed E-state index contributed by atoms with van der Waals surface area (Å²) in [6.07, 6.45) is 1.82. The lowest BCUT2D eigenvalue weighted by Crippen LogP contribution is -1.96. The van der Waals surface area contributed by atoms with Crippen LogP contribution in [0.2, 0.25) is 0 Å². The van der Waals surface area contributed by atoms with Crippen molar-refractivity contribution in [3.63, 3.8) is 0 Å². The number of hydrogen-bond donors (Lipinski definition) is 3. The van der Waals surface area contributed by atoms with Gasteiger partial charge in [0.25, 0.3) is 0 Å². The van der Waals surface area contributed by atoms with E-state index >= 15 is 0 Å². The van der Waals surface area contributed by atoms with Crippen molar-refractivity contribution in [1.29, 1.82) is 0 Å². The molecule has 6 nitrogen and oxygen atoms in total. The molecule has 78 valence electrons. The van der Waals surface area contributed by atoms with E-state index < -0.39 is 21.1 Å². The van der Waals surface area contributed by atoms with Crippen molar-refractivity contribution in [3.05, 3.63) is 12.7 Å². The Morgan fingerprint density at radius 1 is 1.31 bits per heavy atom. The Bertz CT molecular complexity index is 256. The first-order valence-corrected chi connectivity index (χ1v) is 6.95. The largest absolute Gasteiger partial charge is 0.340 e. The molecule has 0 saturated carbocycles. The van der Waals surface area contributed by atoms with E-state index in [4.69, 9.17) is 14.7 Å². The molecule has 1 unspecified atom stereocenters. The van der Waals surface area contributed by atoms with Crippen LogP contribution < -0.4 is 0 Å². The van der Waals surface area contributed by atoms with E-state index in [0.29, 0.717) is 6.42 Å². The van der Waals surface area contributed by atoms with E-state index in [0.717, 1.165) is 0 Å². The summed E-state index contributed by atoms with van der Waals surface area (Å²) in [5.41, 5.74) is 0. The van der Waals surface area contributed by atoms with Gasteiger partial charge in [-0.3, -0.25) is 9.13 Å². The average molecular weight is 230 g/mol. The molecule has 0 heterocycles. The Morgan fingerprint density at radius 3 is 2.23 bits per heavy atom. The predicted octanol–water partition coefficient (Wildman–Crippen LogP) is 0.900. The van der Waals surface area contributed by atoms with Crippen molar-refractivity contribution in [2.75, 3.05) is 12.5 Å². The van der Waals surface area contributed by atoms with Crippen LogP contribution in [0.25, 0.3) is 0 Å². The summed E-state index contributed by atoms with van der Waals surface area (Å²) in [5, 5.41) is 0. The lowest BCUT2D eigenvalue weighted by atomic mass is 10.5. The highest BCUT2D eigenvalue weighted by atomic mass is 31.2. The molecule has 0 rings (SSSR count). The molecule has 8 heteroatoms. The molecular formula is C5H12O6P2. The van der Waals surface area contributed by atoms with Crippen LogP contribution in [0.1, 0.15) is 6.42 Å². The molecule has 0 fully saturated rings. The molecule has 0 aliphatic heterocycles. The van der Waals surface area contributed by atoms with Gasteiger partial charge < -0.3 is 19.2 Å². The molecule has 13 heavy (non-hydrogen) atoms. The van der Waals surface area contributed by atoms with Crippen LogP contribution in [-0.4, -0.2) is 27.2 Å². The Morgan fingerprint density at radius 2 is 1.85 bits per heavy atom. The summed E-state index contributed by atoms with van der Waals surface area (Å²) in [6, 6.07) is 0. The minimum absolute atomic E-state index is 0.0721. The number of rotatable bonds is 6. The van der Waals surface area contributed by atoms with Crippen molar-refractivity contribution in [1.82, 2.24) is 0 Å². The first-order chi connectivity index (χ1) is 5.77. The average Bonchev–Trinajstić information content (AvgIpc) is 1.81. The van der Waals surface area contributed by atoms with Crippen molar-refractivity contribution >= 4 is 15.2 Å². The highest BCUT2D eigenvalue weighted by Gasteiger charge is 2.30. The molecule has 0 amide bonds. The lowest BCUT2D eigenvalue weighted by molar-refractivity contribution is 0.265. The third-order valence-corrected chi connectivity index (χ3v) is 4.47. The normalized spacial score (nSPS) is 16.5. The quantitative estimate of drug-likeness (QED) is 0.355. The van der Waals surface area contributed by atoms with Gasteiger partial charge in [0.05, 0.1) is 6.61 Å². The second-order valence-electron chi connectivity index (χ2n) is 2.35. The second kappa shape index (κ2) is 5.05. The van der Waals surface area contributed by atoms with Gasteiger partial charge in [0, 0.05) is 0 Å². The number of hydrogen-bond acceptors (Lipinski definition) is 3. The lowest BCUT2D eigenvalue weighted by Gasteiger charge is -2.11. The molecule has 3 N–H and O–H groups in total. The van der Waals surface area contributed by atoms with Crippen molar-refractivity contribution in [2.45, 2.75) is 6.42 Å². The fourth-order valence-electron chi connectivity index (χ4n) is 0.552. The molecule has 1 atom stereocenters. The van der Waals surface area contributed by atoms with E-state index in [9.17, 15) is 9.13 Å². The SMILES string of the molecule is C=CCCOP(=O)(O)CP(=O)(O)O. The molecule has 0 saturated heterocycles. The minimum atomic E-state index is -4.50. The van der Waals surface area contributed by atoms with Crippen LogP contribution in [0.15, 0.2) is 12.7 Å². The van der Waals surface area contributed by atoms with Crippen LogP contribution in [0.4, 0.5) is 0 Å². The van der Waals surface area contributed by atoms with Gasteiger partial charge in [-0.05, 0) is 6.42 Å². The molecular weight excluding hydrogens is 218 g/mol. The van der Waals surface area contributed by atoms with Crippen LogP contribution >= 0.6 is 15.2 Å². The molecule has 0 aliphatic rings. The van der Waals surface area contributed by atoms with Gasteiger partial charge in [0.2, 0.25) is 0 Å². The summed E-state index contributed by atoms with van der Waals surface area (Å²) in [5.74, 6) is -1.14. The first-order valence-electron chi connectivity index (χ1n) is 3.39. The Kier molecular flexibility index (Phi) is 5.07. The Hall–Kier alpha value is 0.0400. The summed E-state index contributed by atoms with van der Waals surface area (Å²) in [6.45, 7) is 3.28. The highest BCUT2D eigenvalue weighted by Crippen LogP contribution is 2.55. The van der Waals surface area contributed by atoms with Crippen molar-refractivity contribution < 1.29 is 28.3 Å². The second-order valence-corrected chi connectivity index (χ2v) is 6.35. The van der Waals surface area contributed by atoms with Gasteiger partial charge >= 0.3 is 15.2 Å². The fraction of sp³-hybridized carbons (Fsp3) is 0.600. The maximum atomic E-state index is 10.9. The third kappa shape index (κ3) is 8.37. The van der Waals surface area contributed by atoms with Crippen molar-refractivity contribution in [2.24, 2.45) is 0 Å². The van der Waals surface area contributed by atoms with Gasteiger partial charge in [-0.25, -0.2) is 0 Å². The van der Waals surface area contributed by atoms with Gasteiger partial charge in [-0.1, -0.05) is 6.08 Å². The van der Waals surface area contributed by atoms with E-state index in [1.165, 1.54) is 6.08 Å². The zero-order valence-corrected chi connectivity index (χ0v) is 8.66.